The van der Waals surface area contributed by atoms with Gasteiger partial charge in [0.05, 0.1) is 16.5 Å². The van der Waals surface area contributed by atoms with Crippen molar-refractivity contribution in [3.05, 3.63) is 36.3 Å². The summed E-state index contributed by atoms with van der Waals surface area (Å²) in [5, 5.41) is 19.0. The number of thiophene rings is 1. The molecule has 11 nitrogen and oxygen atoms in total. The van der Waals surface area contributed by atoms with Crippen LogP contribution >= 0.6 is 27.3 Å². The van der Waals surface area contributed by atoms with Gasteiger partial charge < -0.3 is 25.9 Å². The Morgan fingerprint density at radius 3 is 2.52 bits per heavy atom. The first-order chi connectivity index (χ1) is 12.5. The maximum Gasteiger partial charge on any atom is 0.357 e. The van der Waals surface area contributed by atoms with E-state index in [9.17, 15) is 24.5 Å². The van der Waals surface area contributed by atoms with Crippen LogP contribution in [0.2, 0.25) is 0 Å². The van der Waals surface area contributed by atoms with E-state index < -0.39 is 34.6 Å². The van der Waals surface area contributed by atoms with Crippen LogP contribution in [0.1, 0.15) is 49.9 Å². The number of rotatable bonds is 6. The van der Waals surface area contributed by atoms with Crippen LogP contribution in [-0.2, 0) is 4.74 Å². The van der Waals surface area contributed by atoms with E-state index in [4.69, 9.17) is 10.5 Å². The van der Waals surface area contributed by atoms with Crippen molar-refractivity contribution < 1.29 is 24.0 Å². The fourth-order valence-electron chi connectivity index (χ4n) is 2.11. The number of ether oxygens (including phenoxy) is 1. The highest BCUT2D eigenvalue weighted by atomic mass is 79.9. The zero-order valence-electron chi connectivity index (χ0n) is 14.3. The molecule has 0 aliphatic rings. The summed E-state index contributed by atoms with van der Waals surface area (Å²) in [5.41, 5.74) is 5.26. The lowest BCUT2D eigenvalue weighted by Crippen LogP contribution is -2.17. The van der Waals surface area contributed by atoms with E-state index in [1.54, 1.807) is 13.8 Å². The number of nitrogens with zero attached hydrogens (tertiary/aromatic N) is 2. The number of carbonyl (C=O) groups excluding carboxylic acids is 3. The van der Waals surface area contributed by atoms with Crippen molar-refractivity contribution in [1.29, 1.82) is 0 Å². The molecule has 27 heavy (non-hydrogen) atoms. The molecule has 2 rings (SSSR count). The van der Waals surface area contributed by atoms with Crippen molar-refractivity contribution in [3.63, 3.8) is 0 Å². The summed E-state index contributed by atoms with van der Waals surface area (Å²) < 4.78 is 4.99. The fourth-order valence-corrected chi connectivity index (χ4v) is 3.65. The van der Waals surface area contributed by atoms with Crippen LogP contribution in [-0.4, -0.2) is 39.0 Å². The number of H-pyrrole nitrogens is 1. The predicted octanol–water partition coefficient (Wildman–Crippen LogP) is 2.37. The molecule has 0 bridgehead atoms. The number of nitrogens with two attached hydrogens (primary N) is 1. The topological polar surface area (TPSA) is 170 Å². The molecule has 4 N–H and O–H groups in total. The molecule has 0 aliphatic carbocycles. The first kappa shape index (κ1) is 20.5. The van der Waals surface area contributed by atoms with Gasteiger partial charge in [-0.1, -0.05) is 5.10 Å². The van der Waals surface area contributed by atoms with Crippen LogP contribution in [0.3, 0.4) is 0 Å². The lowest BCUT2D eigenvalue weighted by molar-refractivity contribution is -0.390. The van der Waals surface area contributed by atoms with Gasteiger partial charge in [-0.05, 0) is 47.2 Å². The molecule has 13 heteroatoms. The third-order valence-electron chi connectivity index (χ3n) is 3.23. The van der Waals surface area contributed by atoms with E-state index in [-0.39, 0.29) is 31.2 Å². The molecule has 2 aromatic rings. The van der Waals surface area contributed by atoms with Crippen LogP contribution in [0.5, 0.6) is 0 Å². The van der Waals surface area contributed by atoms with Crippen LogP contribution in [0.4, 0.5) is 10.8 Å². The van der Waals surface area contributed by atoms with E-state index in [1.807, 2.05) is 0 Å². The first-order valence-electron chi connectivity index (χ1n) is 7.38. The van der Waals surface area contributed by atoms with Crippen molar-refractivity contribution in [3.8, 4) is 0 Å². The van der Waals surface area contributed by atoms with Gasteiger partial charge in [0.1, 0.15) is 9.47 Å². The Hall–Kier alpha value is -2.80. The number of carbonyl (C=O) groups is 3. The highest BCUT2D eigenvalue weighted by molar-refractivity contribution is 9.10. The van der Waals surface area contributed by atoms with E-state index in [1.165, 1.54) is 6.92 Å². The van der Waals surface area contributed by atoms with Gasteiger partial charge in [0, 0.05) is 0 Å². The number of anilines is 1. The molecule has 0 radical (unpaired) electrons. The van der Waals surface area contributed by atoms with Gasteiger partial charge in [0.15, 0.2) is 5.69 Å². The van der Waals surface area contributed by atoms with Gasteiger partial charge in [-0.15, -0.1) is 16.4 Å². The quantitative estimate of drug-likeness (QED) is 0.337. The summed E-state index contributed by atoms with van der Waals surface area (Å²) in [5.74, 6) is -2.84. The van der Waals surface area contributed by atoms with Crippen LogP contribution in [0, 0.1) is 17.0 Å². The van der Waals surface area contributed by atoms with Gasteiger partial charge >= 0.3 is 11.8 Å². The fraction of sp³-hybridized carbons (Fsp3) is 0.286. The van der Waals surface area contributed by atoms with E-state index in [2.05, 4.69) is 31.4 Å². The Bertz CT molecular complexity index is 950. The number of aromatic amines is 1. The maximum absolute atomic E-state index is 12.5. The second kappa shape index (κ2) is 7.84. The number of amides is 2. The Labute approximate surface area is 164 Å². The molecule has 0 saturated heterocycles. The number of primary amides is 1. The SMILES string of the molecule is Cc1c(C(N)=O)sc(NC(=O)c2n[nH]c([N+](=O)[O-])c2Br)c1C(=O)OC(C)C. The summed E-state index contributed by atoms with van der Waals surface area (Å²) in [7, 11) is 0. The molecule has 2 amide bonds. The van der Waals surface area contributed by atoms with Crippen molar-refractivity contribution in [2.45, 2.75) is 26.9 Å². The van der Waals surface area contributed by atoms with Gasteiger partial charge in [0.25, 0.3) is 11.8 Å². The van der Waals surface area contributed by atoms with Gasteiger partial charge in [-0.25, -0.2) is 4.79 Å². The zero-order chi connectivity index (χ0) is 20.5. The first-order valence-corrected chi connectivity index (χ1v) is 8.99. The third kappa shape index (κ3) is 4.14. The van der Waals surface area contributed by atoms with E-state index in [0.29, 0.717) is 0 Å². The molecule has 0 unspecified atom stereocenters. The smallest absolute Gasteiger partial charge is 0.357 e. The lowest BCUT2D eigenvalue weighted by Gasteiger charge is -2.10. The monoisotopic (exact) mass is 459 g/mol. The number of hydrogen-bond donors (Lipinski definition) is 3. The molecular formula is C14H14BrN5O6S. The minimum Gasteiger partial charge on any atom is -0.459 e. The molecule has 2 aromatic heterocycles. The highest BCUT2D eigenvalue weighted by Crippen LogP contribution is 2.35. The summed E-state index contributed by atoms with van der Waals surface area (Å²) in [6, 6.07) is 0. The maximum atomic E-state index is 12.5. The molecule has 144 valence electrons. The van der Waals surface area contributed by atoms with Crippen LogP contribution in [0.25, 0.3) is 0 Å². The van der Waals surface area contributed by atoms with E-state index >= 15 is 0 Å². The molecule has 0 fully saturated rings. The summed E-state index contributed by atoms with van der Waals surface area (Å²) in [6.45, 7) is 4.79. The molecule has 0 saturated carbocycles. The van der Waals surface area contributed by atoms with E-state index in [0.717, 1.165) is 11.3 Å². The average molecular weight is 460 g/mol. The third-order valence-corrected chi connectivity index (χ3v) is 5.20. The van der Waals surface area contributed by atoms with Gasteiger partial charge in [-0.2, -0.15) is 0 Å². The van der Waals surface area contributed by atoms with Crippen molar-refractivity contribution in [2.75, 3.05) is 5.32 Å². The largest absolute Gasteiger partial charge is 0.459 e. The Morgan fingerprint density at radius 2 is 2.04 bits per heavy atom. The minimum atomic E-state index is -0.831. The normalized spacial score (nSPS) is 10.7. The number of hydrogen-bond acceptors (Lipinski definition) is 8. The molecule has 0 spiro atoms. The van der Waals surface area contributed by atoms with Crippen molar-refractivity contribution >= 4 is 55.9 Å². The number of esters is 1. The molecular weight excluding hydrogens is 446 g/mol. The Kier molecular flexibility index (Phi) is 5.95. The number of nitro groups is 1. The van der Waals surface area contributed by atoms with Crippen LogP contribution < -0.4 is 11.1 Å². The van der Waals surface area contributed by atoms with Crippen LogP contribution in [0.15, 0.2) is 4.47 Å². The molecule has 0 aromatic carbocycles. The predicted molar refractivity (Wildman–Crippen MR) is 99.0 cm³/mol. The average Bonchev–Trinajstić information content (AvgIpc) is 3.07. The highest BCUT2D eigenvalue weighted by Gasteiger charge is 2.29. The molecule has 0 aliphatic heterocycles. The number of aromatic nitrogens is 2. The standard InChI is InChI=1S/C14H14BrN5O6S/c1-4(2)26-14(23)6-5(3)9(10(16)21)27-13(6)17-12(22)8-7(15)11(19-18-8)20(24)25/h4H,1-3H3,(H2,16,21)(H,17,22)(H,18,19). The van der Waals surface area contributed by atoms with Gasteiger partial charge in [0.2, 0.25) is 0 Å². The summed E-state index contributed by atoms with van der Waals surface area (Å²) >= 11 is 3.73. The second-order valence-corrected chi connectivity index (χ2v) is 7.34. The lowest BCUT2D eigenvalue weighted by atomic mass is 10.1. The number of nitrogens with one attached hydrogen (secondary N) is 2. The summed E-state index contributed by atoms with van der Waals surface area (Å²) in [6.07, 6.45) is -0.430. The second-order valence-electron chi connectivity index (χ2n) is 5.52. The molecule has 0 atom stereocenters. The summed E-state index contributed by atoms with van der Waals surface area (Å²) in [4.78, 5) is 46.6. The Balaban J connectivity index is 2.44. The molecule has 2 heterocycles. The Morgan fingerprint density at radius 1 is 1.41 bits per heavy atom. The van der Waals surface area contributed by atoms with Crippen molar-refractivity contribution in [1.82, 2.24) is 10.2 Å². The minimum absolute atomic E-state index is 0.0167. The van der Waals surface area contributed by atoms with Gasteiger partial charge in [-0.3, -0.25) is 9.59 Å². The number of halogens is 1. The zero-order valence-corrected chi connectivity index (χ0v) is 16.7. The van der Waals surface area contributed by atoms with Crippen molar-refractivity contribution in [2.24, 2.45) is 5.73 Å².